The predicted molar refractivity (Wildman–Crippen MR) is 91.9 cm³/mol. The lowest BCUT2D eigenvalue weighted by Crippen LogP contribution is -2.24. The maximum absolute atomic E-state index is 11.0. The zero-order valence-corrected chi connectivity index (χ0v) is 14.3. The first-order valence-corrected chi connectivity index (χ1v) is 9.19. The minimum Gasteiger partial charge on any atom is -0.383 e. The van der Waals surface area contributed by atoms with Gasteiger partial charge in [-0.2, -0.15) is 5.26 Å². The first-order valence-electron chi connectivity index (χ1n) is 7.30. The lowest BCUT2D eigenvalue weighted by molar-refractivity contribution is 0.586. The Labute approximate surface area is 136 Å². The quantitative estimate of drug-likeness (QED) is 0.790. The van der Waals surface area contributed by atoms with E-state index in [1.165, 1.54) is 0 Å². The molecule has 0 bridgehead atoms. The Morgan fingerprint density at radius 3 is 2.57 bits per heavy atom. The second-order valence-corrected chi connectivity index (χ2v) is 7.39. The van der Waals surface area contributed by atoms with Gasteiger partial charge < -0.3 is 5.32 Å². The normalized spacial score (nSPS) is 11.4. The van der Waals surface area contributed by atoms with Crippen LogP contribution in [0.2, 0.25) is 0 Å². The van der Waals surface area contributed by atoms with Crippen LogP contribution in [0.5, 0.6) is 0 Å². The molecule has 23 heavy (non-hydrogen) atoms. The molecule has 1 heterocycles. The molecular weight excluding hydrogens is 312 g/mol. The molecular formula is C16H20N4O2S. The molecule has 0 aliphatic rings. The van der Waals surface area contributed by atoms with Crippen molar-refractivity contribution < 1.29 is 8.42 Å². The Kier molecular flexibility index (Phi) is 5.19. The molecule has 0 fully saturated rings. The summed E-state index contributed by atoms with van der Waals surface area (Å²) in [7, 11) is -3.17. The van der Waals surface area contributed by atoms with Gasteiger partial charge in [0.25, 0.3) is 0 Å². The summed E-state index contributed by atoms with van der Waals surface area (Å²) in [4.78, 5) is 4.34. The van der Waals surface area contributed by atoms with Crippen molar-refractivity contribution in [2.45, 2.75) is 20.3 Å². The fourth-order valence-electron chi connectivity index (χ4n) is 2.29. The summed E-state index contributed by atoms with van der Waals surface area (Å²) in [6.45, 7) is 4.96. The lowest BCUT2D eigenvalue weighted by atomic mass is 10.0. The summed E-state index contributed by atoms with van der Waals surface area (Å²) in [6.07, 6.45) is 3.32. The molecule has 122 valence electrons. The molecule has 0 amide bonds. The van der Waals surface area contributed by atoms with Crippen LogP contribution in [0.4, 0.5) is 5.69 Å². The van der Waals surface area contributed by atoms with E-state index in [1.54, 1.807) is 6.20 Å². The van der Waals surface area contributed by atoms with Gasteiger partial charge in [-0.3, -0.25) is 4.98 Å². The Morgan fingerprint density at radius 1 is 1.22 bits per heavy atom. The first kappa shape index (κ1) is 17.2. The minimum atomic E-state index is -3.17. The molecule has 0 radical (unpaired) electrons. The Hall–Kier alpha value is -2.17. The number of nitriles is 1. The number of anilines is 1. The van der Waals surface area contributed by atoms with Gasteiger partial charge in [-0.15, -0.1) is 0 Å². The van der Waals surface area contributed by atoms with Crippen molar-refractivity contribution in [3.63, 3.8) is 0 Å². The number of nitrogens with zero attached hydrogens (tertiary/aromatic N) is 2. The van der Waals surface area contributed by atoms with Gasteiger partial charge in [0, 0.05) is 24.7 Å². The van der Waals surface area contributed by atoms with E-state index < -0.39 is 10.0 Å². The van der Waals surface area contributed by atoms with Crippen LogP contribution in [0, 0.1) is 25.2 Å². The molecule has 2 N–H and O–H groups in total. The molecule has 0 atom stereocenters. The van der Waals surface area contributed by atoms with Crippen molar-refractivity contribution in [1.29, 1.82) is 5.26 Å². The van der Waals surface area contributed by atoms with Crippen molar-refractivity contribution in [2.24, 2.45) is 0 Å². The summed E-state index contributed by atoms with van der Waals surface area (Å²) < 4.78 is 24.5. The first-order chi connectivity index (χ1) is 10.8. The van der Waals surface area contributed by atoms with Gasteiger partial charge in [0.05, 0.1) is 23.0 Å². The number of benzene rings is 1. The monoisotopic (exact) mass is 332 g/mol. The summed E-state index contributed by atoms with van der Waals surface area (Å²) >= 11 is 0. The Balaban J connectivity index is 2.21. The Bertz CT molecular complexity index is 870. The lowest BCUT2D eigenvalue weighted by Gasteiger charge is -2.13. The molecule has 1 aromatic heterocycles. The van der Waals surface area contributed by atoms with E-state index in [0.717, 1.165) is 34.0 Å². The van der Waals surface area contributed by atoms with E-state index >= 15 is 0 Å². The topological polar surface area (TPSA) is 94.9 Å². The highest BCUT2D eigenvalue weighted by Gasteiger charge is 2.10. The summed E-state index contributed by atoms with van der Waals surface area (Å²) in [5, 5.41) is 13.4. The van der Waals surface area contributed by atoms with E-state index in [2.05, 4.69) is 21.1 Å². The number of pyridine rings is 1. The molecule has 0 saturated heterocycles. The number of hydrogen-bond donors (Lipinski definition) is 2. The van der Waals surface area contributed by atoms with Crippen LogP contribution in [-0.4, -0.2) is 32.7 Å². The highest BCUT2D eigenvalue weighted by atomic mass is 32.2. The third-order valence-corrected chi connectivity index (χ3v) is 4.35. The zero-order chi connectivity index (χ0) is 17.0. The molecule has 0 aliphatic carbocycles. The van der Waals surface area contributed by atoms with Crippen molar-refractivity contribution in [2.75, 3.05) is 24.7 Å². The number of sulfonamides is 1. The smallest absolute Gasteiger partial charge is 0.208 e. The molecule has 7 heteroatoms. The summed E-state index contributed by atoms with van der Waals surface area (Å²) in [5.41, 5.74) is 4.36. The van der Waals surface area contributed by atoms with Crippen molar-refractivity contribution >= 4 is 26.6 Å². The van der Waals surface area contributed by atoms with E-state index in [1.807, 2.05) is 26.0 Å². The highest BCUT2D eigenvalue weighted by Crippen LogP contribution is 2.27. The third kappa shape index (κ3) is 4.41. The number of fused-ring (bicyclic) bond motifs is 1. The molecule has 2 aromatic rings. The molecule has 0 spiro atoms. The number of nitrogens with one attached hydrogen (secondary N) is 2. The maximum atomic E-state index is 11.0. The van der Waals surface area contributed by atoms with Crippen molar-refractivity contribution in [3.8, 4) is 6.07 Å². The highest BCUT2D eigenvalue weighted by molar-refractivity contribution is 7.88. The zero-order valence-electron chi connectivity index (χ0n) is 13.5. The average Bonchev–Trinajstić information content (AvgIpc) is 2.47. The van der Waals surface area contributed by atoms with Crippen LogP contribution >= 0.6 is 0 Å². The van der Waals surface area contributed by atoms with Gasteiger partial charge in [-0.25, -0.2) is 13.1 Å². The molecule has 2 rings (SSSR count). The van der Waals surface area contributed by atoms with Crippen LogP contribution in [0.15, 0.2) is 18.3 Å². The van der Waals surface area contributed by atoms with Crippen LogP contribution in [0.1, 0.15) is 23.1 Å². The van der Waals surface area contributed by atoms with Gasteiger partial charge in [0.15, 0.2) is 0 Å². The van der Waals surface area contributed by atoms with Crippen LogP contribution in [0.25, 0.3) is 10.9 Å². The maximum Gasteiger partial charge on any atom is 0.208 e. The molecule has 1 aromatic carbocycles. The number of rotatable bonds is 6. The second-order valence-electron chi connectivity index (χ2n) is 5.56. The van der Waals surface area contributed by atoms with E-state index in [9.17, 15) is 13.7 Å². The number of aromatic nitrogens is 1. The Morgan fingerprint density at radius 2 is 1.91 bits per heavy atom. The fourth-order valence-corrected chi connectivity index (χ4v) is 2.80. The SMILES string of the molecule is Cc1cc2ncc(C#N)c(NCCCNS(C)(=O)=O)c2cc1C. The van der Waals surface area contributed by atoms with Gasteiger partial charge in [-0.1, -0.05) is 0 Å². The molecule has 0 saturated carbocycles. The van der Waals surface area contributed by atoms with Gasteiger partial charge >= 0.3 is 0 Å². The van der Waals surface area contributed by atoms with Crippen molar-refractivity contribution in [3.05, 3.63) is 35.0 Å². The second kappa shape index (κ2) is 6.94. The minimum absolute atomic E-state index is 0.356. The third-order valence-electron chi connectivity index (χ3n) is 3.62. The average molecular weight is 332 g/mol. The standard InChI is InChI=1S/C16H20N4O2S/c1-11-7-14-15(8-12(11)2)19-10-13(9-17)16(14)18-5-4-6-20-23(3,21)22/h7-8,10,20H,4-6H2,1-3H3,(H,18,19). The van der Waals surface area contributed by atoms with Crippen LogP contribution in [0.3, 0.4) is 0 Å². The van der Waals surface area contributed by atoms with Crippen molar-refractivity contribution in [1.82, 2.24) is 9.71 Å². The van der Waals surface area contributed by atoms with Crippen LogP contribution < -0.4 is 10.0 Å². The predicted octanol–water partition coefficient (Wildman–Crippen LogP) is 2.07. The van der Waals surface area contributed by atoms with E-state index in [4.69, 9.17) is 0 Å². The van der Waals surface area contributed by atoms with E-state index in [-0.39, 0.29) is 0 Å². The molecule has 0 aliphatic heterocycles. The summed E-state index contributed by atoms with van der Waals surface area (Å²) in [5.74, 6) is 0. The summed E-state index contributed by atoms with van der Waals surface area (Å²) in [6, 6.07) is 6.18. The molecule has 6 nitrogen and oxygen atoms in total. The fraction of sp³-hybridized carbons (Fsp3) is 0.375. The number of aryl methyl sites for hydroxylation is 2. The largest absolute Gasteiger partial charge is 0.383 e. The van der Waals surface area contributed by atoms with E-state index in [0.29, 0.717) is 25.1 Å². The van der Waals surface area contributed by atoms with Gasteiger partial charge in [0.1, 0.15) is 6.07 Å². The number of hydrogen-bond acceptors (Lipinski definition) is 5. The van der Waals surface area contributed by atoms with Crippen LogP contribution in [-0.2, 0) is 10.0 Å². The molecule has 0 unspecified atom stereocenters. The van der Waals surface area contributed by atoms with Gasteiger partial charge in [0.2, 0.25) is 10.0 Å². The van der Waals surface area contributed by atoms with Gasteiger partial charge in [-0.05, 0) is 43.5 Å².